The first-order valence-corrected chi connectivity index (χ1v) is 9.22. The van der Waals surface area contributed by atoms with Crippen molar-refractivity contribution in [3.05, 3.63) is 93.8 Å². The van der Waals surface area contributed by atoms with Crippen molar-refractivity contribution < 1.29 is 4.74 Å². The van der Waals surface area contributed by atoms with E-state index in [0.29, 0.717) is 17.1 Å². The van der Waals surface area contributed by atoms with Crippen molar-refractivity contribution in [2.24, 2.45) is 7.05 Å². The summed E-state index contributed by atoms with van der Waals surface area (Å²) < 4.78 is 6.89. The molecule has 5 nitrogen and oxygen atoms in total. The van der Waals surface area contributed by atoms with Gasteiger partial charge in [0.2, 0.25) is 5.88 Å². The number of benzene rings is 2. The molecule has 0 amide bonds. The molecule has 142 valence electrons. The van der Waals surface area contributed by atoms with Crippen LogP contribution >= 0.6 is 0 Å². The fourth-order valence-corrected chi connectivity index (χ4v) is 3.44. The molecule has 0 unspecified atom stereocenters. The minimum atomic E-state index is -0.0861. The van der Waals surface area contributed by atoms with Gasteiger partial charge in [0.15, 0.2) is 0 Å². The molecule has 5 heteroatoms. The smallest absolute Gasteiger partial charge is 0.251 e. The van der Waals surface area contributed by atoms with Gasteiger partial charge in [0.05, 0.1) is 30.0 Å². The highest BCUT2D eigenvalue weighted by Crippen LogP contribution is 2.28. The third-order valence-electron chi connectivity index (χ3n) is 5.01. The lowest BCUT2D eigenvalue weighted by molar-refractivity contribution is 0.398. The molecular formula is C24H19N3O2. The van der Waals surface area contributed by atoms with Gasteiger partial charge in [0.1, 0.15) is 0 Å². The standard InChI is InChI=1S/C24H19N3O2/c1-27-22-11-10-18(12-16-6-8-17(15-25)9-7-16)13-20(22)19(14-24(27)28)21-4-3-5-23(26-21)29-2/h3-11,13-14H,12H2,1-2H3. The summed E-state index contributed by atoms with van der Waals surface area (Å²) in [4.78, 5) is 17.0. The Morgan fingerprint density at radius 2 is 1.79 bits per heavy atom. The van der Waals surface area contributed by atoms with Crippen LogP contribution in [0.1, 0.15) is 16.7 Å². The van der Waals surface area contributed by atoms with Gasteiger partial charge in [-0.25, -0.2) is 4.98 Å². The Kier molecular flexibility index (Phi) is 4.84. The maximum absolute atomic E-state index is 12.5. The number of ether oxygens (including phenoxy) is 1. The summed E-state index contributed by atoms with van der Waals surface area (Å²) in [6, 6.07) is 23.0. The number of aryl methyl sites for hydroxylation is 1. The van der Waals surface area contributed by atoms with E-state index in [1.54, 1.807) is 30.9 Å². The lowest BCUT2D eigenvalue weighted by Gasteiger charge is -2.12. The molecular weight excluding hydrogens is 362 g/mol. The van der Waals surface area contributed by atoms with Crippen molar-refractivity contribution in [3.63, 3.8) is 0 Å². The molecule has 4 aromatic rings. The van der Waals surface area contributed by atoms with Gasteiger partial charge in [-0.1, -0.05) is 24.3 Å². The van der Waals surface area contributed by atoms with E-state index in [9.17, 15) is 4.79 Å². The van der Waals surface area contributed by atoms with Crippen molar-refractivity contribution in [1.82, 2.24) is 9.55 Å². The van der Waals surface area contributed by atoms with Crippen LogP contribution in [0, 0.1) is 11.3 Å². The molecule has 0 aliphatic rings. The second kappa shape index (κ2) is 7.61. The van der Waals surface area contributed by atoms with Gasteiger partial charge in [-0.3, -0.25) is 4.79 Å². The first-order chi connectivity index (χ1) is 14.1. The Balaban J connectivity index is 1.84. The summed E-state index contributed by atoms with van der Waals surface area (Å²) in [6.07, 6.45) is 0.732. The average molecular weight is 381 g/mol. The molecule has 0 saturated carbocycles. The van der Waals surface area contributed by atoms with Gasteiger partial charge >= 0.3 is 0 Å². The fraction of sp³-hybridized carbons (Fsp3) is 0.125. The van der Waals surface area contributed by atoms with Crippen molar-refractivity contribution >= 4 is 10.9 Å². The highest BCUT2D eigenvalue weighted by atomic mass is 16.5. The van der Waals surface area contributed by atoms with Gasteiger partial charge in [-0.2, -0.15) is 5.26 Å². The van der Waals surface area contributed by atoms with Gasteiger partial charge < -0.3 is 9.30 Å². The lowest BCUT2D eigenvalue weighted by Crippen LogP contribution is -2.16. The van der Waals surface area contributed by atoms with E-state index in [0.717, 1.165) is 34.0 Å². The van der Waals surface area contributed by atoms with Crippen LogP contribution < -0.4 is 10.3 Å². The number of hydrogen-bond donors (Lipinski definition) is 0. The Hall–Kier alpha value is -3.91. The second-order valence-corrected chi connectivity index (χ2v) is 6.86. The minimum absolute atomic E-state index is 0.0861. The number of fused-ring (bicyclic) bond motifs is 1. The van der Waals surface area contributed by atoms with Crippen LogP contribution in [0.15, 0.2) is 71.5 Å². The van der Waals surface area contributed by atoms with Crippen molar-refractivity contribution in [1.29, 1.82) is 5.26 Å². The molecule has 2 heterocycles. The van der Waals surface area contributed by atoms with Crippen molar-refractivity contribution in [2.75, 3.05) is 7.11 Å². The fourth-order valence-electron chi connectivity index (χ4n) is 3.44. The average Bonchev–Trinajstić information content (AvgIpc) is 2.76. The molecule has 0 saturated heterocycles. The van der Waals surface area contributed by atoms with Crippen LogP contribution in [0.4, 0.5) is 0 Å². The molecule has 0 spiro atoms. The predicted molar refractivity (Wildman–Crippen MR) is 113 cm³/mol. The maximum atomic E-state index is 12.5. The molecule has 0 atom stereocenters. The molecule has 4 rings (SSSR count). The highest BCUT2D eigenvalue weighted by Gasteiger charge is 2.12. The van der Waals surface area contributed by atoms with Gasteiger partial charge in [0.25, 0.3) is 5.56 Å². The second-order valence-electron chi connectivity index (χ2n) is 6.86. The molecule has 0 radical (unpaired) electrons. The highest BCUT2D eigenvalue weighted by molar-refractivity contribution is 5.94. The van der Waals surface area contributed by atoms with E-state index in [4.69, 9.17) is 10.00 Å². The summed E-state index contributed by atoms with van der Waals surface area (Å²) in [6.45, 7) is 0. The third kappa shape index (κ3) is 3.61. The van der Waals surface area contributed by atoms with Crippen LogP contribution in [0.3, 0.4) is 0 Å². The molecule has 2 aromatic heterocycles. The Labute approximate surface area is 168 Å². The van der Waals surface area contributed by atoms with E-state index in [1.807, 2.05) is 48.5 Å². The molecule has 0 fully saturated rings. The van der Waals surface area contributed by atoms with Crippen molar-refractivity contribution in [2.45, 2.75) is 6.42 Å². The number of aromatic nitrogens is 2. The van der Waals surface area contributed by atoms with E-state index >= 15 is 0 Å². The quantitative estimate of drug-likeness (QED) is 0.534. The van der Waals surface area contributed by atoms with Crippen LogP contribution in [0.25, 0.3) is 22.2 Å². The van der Waals surface area contributed by atoms with Crippen LogP contribution in [0.5, 0.6) is 5.88 Å². The number of nitriles is 1. The molecule has 0 aliphatic carbocycles. The van der Waals surface area contributed by atoms with E-state index in [1.165, 1.54) is 0 Å². The van der Waals surface area contributed by atoms with E-state index in [2.05, 4.69) is 17.1 Å². The van der Waals surface area contributed by atoms with Crippen molar-refractivity contribution in [3.8, 4) is 23.2 Å². The molecule has 0 bridgehead atoms. The van der Waals surface area contributed by atoms with Gasteiger partial charge in [0, 0.05) is 30.1 Å². The normalized spacial score (nSPS) is 10.7. The van der Waals surface area contributed by atoms with E-state index < -0.39 is 0 Å². The molecule has 0 N–H and O–H groups in total. The lowest BCUT2D eigenvalue weighted by atomic mass is 9.98. The summed E-state index contributed by atoms with van der Waals surface area (Å²) >= 11 is 0. The largest absolute Gasteiger partial charge is 0.481 e. The van der Waals surface area contributed by atoms with Gasteiger partial charge in [-0.15, -0.1) is 0 Å². The Morgan fingerprint density at radius 1 is 1.03 bits per heavy atom. The number of rotatable bonds is 4. The van der Waals surface area contributed by atoms with E-state index in [-0.39, 0.29) is 5.56 Å². The van der Waals surface area contributed by atoms with Crippen LogP contribution in [-0.2, 0) is 13.5 Å². The summed E-state index contributed by atoms with van der Waals surface area (Å²) in [5, 5.41) is 9.93. The summed E-state index contributed by atoms with van der Waals surface area (Å²) in [5.41, 5.74) is 5.12. The van der Waals surface area contributed by atoms with Gasteiger partial charge in [-0.05, 0) is 47.9 Å². The maximum Gasteiger partial charge on any atom is 0.251 e. The molecule has 29 heavy (non-hydrogen) atoms. The number of pyridine rings is 2. The summed E-state index contributed by atoms with van der Waals surface area (Å²) in [7, 11) is 3.34. The van der Waals surface area contributed by atoms with Crippen LogP contribution in [-0.4, -0.2) is 16.7 Å². The molecule has 2 aromatic carbocycles. The first-order valence-electron chi connectivity index (χ1n) is 9.22. The predicted octanol–water partition coefficient (Wildman–Crippen LogP) is 4.07. The zero-order valence-electron chi connectivity index (χ0n) is 16.2. The summed E-state index contributed by atoms with van der Waals surface area (Å²) in [5.74, 6) is 0.505. The molecule has 0 aliphatic heterocycles. The first kappa shape index (κ1) is 18.5. The zero-order valence-corrected chi connectivity index (χ0v) is 16.2. The monoisotopic (exact) mass is 381 g/mol. The minimum Gasteiger partial charge on any atom is -0.481 e. The van der Waals surface area contributed by atoms with Crippen LogP contribution in [0.2, 0.25) is 0 Å². The number of methoxy groups -OCH3 is 1. The number of nitrogens with zero attached hydrogens (tertiary/aromatic N) is 3. The SMILES string of the molecule is COc1cccc(-c2cc(=O)n(C)c3ccc(Cc4ccc(C#N)cc4)cc23)n1. The topological polar surface area (TPSA) is 67.9 Å². The third-order valence-corrected chi connectivity index (χ3v) is 5.01. The Morgan fingerprint density at radius 3 is 2.52 bits per heavy atom. The number of hydrogen-bond acceptors (Lipinski definition) is 4. The zero-order chi connectivity index (χ0) is 20.4. The Bertz CT molecular complexity index is 1300.